The van der Waals surface area contributed by atoms with Crippen molar-refractivity contribution in [3.05, 3.63) is 0 Å². The molecule has 0 bridgehead atoms. The molecule has 4 heteroatoms. The summed E-state index contributed by atoms with van der Waals surface area (Å²) >= 11 is 5.64. The zero-order chi connectivity index (χ0) is 10.6. The fraction of sp³-hybridized carbons (Fsp3) is 1.00. The average molecular weight is 256 g/mol. The Morgan fingerprint density at radius 3 is 2.27 bits per heavy atom. The van der Waals surface area contributed by atoms with Crippen molar-refractivity contribution >= 4 is 11.6 Å². The second kappa shape index (κ2) is 6.95. The van der Waals surface area contributed by atoms with Gasteiger partial charge in [-0.1, -0.05) is 6.42 Å². The van der Waals surface area contributed by atoms with Crippen molar-refractivity contribution in [3.8, 4) is 0 Å². The fourth-order valence-electron chi connectivity index (χ4n) is 2.52. The van der Waals surface area contributed by atoms with Gasteiger partial charge >= 0.3 is 0 Å². The fourth-order valence-corrected chi connectivity index (χ4v) is 2.62. The minimum absolute atomic E-state index is 0. The van der Waals surface area contributed by atoms with Gasteiger partial charge in [-0.3, -0.25) is 0 Å². The van der Waals surface area contributed by atoms with E-state index >= 15 is 0 Å². The van der Waals surface area contributed by atoms with Crippen molar-refractivity contribution in [3.63, 3.8) is 0 Å². The largest absolute Gasteiger partial charge is 1.00 e. The van der Waals surface area contributed by atoms with Crippen LogP contribution in [0.25, 0.3) is 0 Å². The molecule has 0 spiro atoms. The van der Waals surface area contributed by atoms with Crippen LogP contribution in [0.15, 0.2) is 0 Å². The maximum absolute atomic E-state index is 9.58. The van der Waals surface area contributed by atoms with Crippen LogP contribution in [0.1, 0.15) is 32.1 Å². The van der Waals surface area contributed by atoms with Gasteiger partial charge < -0.3 is 22.0 Å². The van der Waals surface area contributed by atoms with E-state index in [-0.39, 0.29) is 18.5 Å². The standard InChI is InChI=1S/C11H23ClNO.ClH/c1-13(2,9-11(14)8-12)10-6-4-3-5-7-10;/h10-11,14H,3-9H2,1-2H3;1H/q+1;/p-1. The zero-order valence-corrected chi connectivity index (χ0v) is 11.3. The second-order valence-electron chi connectivity index (χ2n) is 5.06. The highest BCUT2D eigenvalue weighted by atomic mass is 35.5. The quantitative estimate of drug-likeness (QED) is 0.505. The highest BCUT2D eigenvalue weighted by Crippen LogP contribution is 2.25. The molecular weight excluding hydrogens is 233 g/mol. The number of hydrogen-bond donors (Lipinski definition) is 1. The van der Waals surface area contributed by atoms with Crippen molar-refractivity contribution in [2.45, 2.75) is 44.2 Å². The van der Waals surface area contributed by atoms with Gasteiger partial charge in [0.05, 0.1) is 26.0 Å². The first kappa shape index (κ1) is 15.5. The van der Waals surface area contributed by atoms with E-state index in [1.165, 1.54) is 32.1 Å². The molecule has 1 aliphatic carbocycles. The summed E-state index contributed by atoms with van der Waals surface area (Å²) in [5, 5.41) is 9.58. The summed E-state index contributed by atoms with van der Waals surface area (Å²) in [6.45, 7) is 0.786. The molecule has 1 fully saturated rings. The van der Waals surface area contributed by atoms with Crippen LogP contribution < -0.4 is 12.4 Å². The minimum atomic E-state index is -0.353. The summed E-state index contributed by atoms with van der Waals surface area (Å²) in [6, 6.07) is 0.724. The first-order valence-electron chi connectivity index (χ1n) is 5.63. The molecule has 1 aliphatic rings. The summed E-state index contributed by atoms with van der Waals surface area (Å²) < 4.78 is 0.924. The first-order chi connectivity index (χ1) is 6.56. The van der Waals surface area contributed by atoms with Gasteiger partial charge in [0.2, 0.25) is 0 Å². The summed E-state index contributed by atoms with van der Waals surface area (Å²) in [7, 11) is 4.43. The Hall–Kier alpha value is 0.500. The van der Waals surface area contributed by atoms with E-state index in [4.69, 9.17) is 11.6 Å². The molecule has 0 amide bonds. The number of halogens is 2. The van der Waals surface area contributed by atoms with Crippen LogP contribution in [-0.2, 0) is 0 Å². The van der Waals surface area contributed by atoms with Gasteiger partial charge in [0.25, 0.3) is 0 Å². The van der Waals surface area contributed by atoms with Crippen molar-refractivity contribution in [1.82, 2.24) is 0 Å². The van der Waals surface area contributed by atoms with Crippen LogP contribution in [0.4, 0.5) is 0 Å². The third-order valence-corrected chi connectivity index (χ3v) is 3.78. The van der Waals surface area contributed by atoms with Gasteiger partial charge in [-0.15, -0.1) is 11.6 Å². The van der Waals surface area contributed by atoms with Crippen LogP contribution in [0.3, 0.4) is 0 Å². The molecule has 0 radical (unpaired) electrons. The second-order valence-corrected chi connectivity index (χ2v) is 5.37. The molecule has 0 aromatic heterocycles. The lowest BCUT2D eigenvalue weighted by Gasteiger charge is -2.41. The topological polar surface area (TPSA) is 20.2 Å². The maximum atomic E-state index is 9.58. The SMILES string of the molecule is C[N+](C)(CC(O)CCl)C1CCCCC1.[Cl-]. The Morgan fingerprint density at radius 2 is 1.80 bits per heavy atom. The Balaban J connectivity index is 0.00000196. The van der Waals surface area contributed by atoms with Crippen LogP contribution in [-0.4, -0.2) is 48.3 Å². The van der Waals surface area contributed by atoms with E-state index in [9.17, 15) is 5.11 Å². The number of rotatable bonds is 4. The molecule has 0 heterocycles. The van der Waals surface area contributed by atoms with Crippen molar-refractivity contribution < 1.29 is 22.0 Å². The predicted molar refractivity (Wildman–Crippen MR) is 60.6 cm³/mol. The van der Waals surface area contributed by atoms with E-state index < -0.39 is 0 Å². The summed E-state index contributed by atoms with van der Waals surface area (Å²) in [4.78, 5) is 0. The summed E-state index contributed by atoms with van der Waals surface area (Å²) in [5.41, 5.74) is 0. The molecule has 0 aromatic rings. The monoisotopic (exact) mass is 255 g/mol. The van der Waals surface area contributed by atoms with Crippen LogP contribution in [0, 0.1) is 0 Å². The number of quaternary nitrogens is 1. The molecule has 1 atom stereocenters. The normalized spacial score (nSPS) is 20.8. The van der Waals surface area contributed by atoms with E-state index in [2.05, 4.69) is 14.1 Å². The molecule has 2 nitrogen and oxygen atoms in total. The van der Waals surface area contributed by atoms with Gasteiger partial charge in [0.1, 0.15) is 12.6 Å². The van der Waals surface area contributed by atoms with Crippen LogP contribution in [0.2, 0.25) is 0 Å². The van der Waals surface area contributed by atoms with Crippen molar-refractivity contribution in [1.29, 1.82) is 0 Å². The minimum Gasteiger partial charge on any atom is -1.00 e. The van der Waals surface area contributed by atoms with Gasteiger partial charge in [0.15, 0.2) is 0 Å². The van der Waals surface area contributed by atoms with E-state index in [0.717, 1.165) is 17.1 Å². The number of nitrogens with zero attached hydrogens (tertiary/aromatic N) is 1. The summed E-state index contributed by atoms with van der Waals surface area (Å²) in [6.07, 6.45) is 6.35. The van der Waals surface area contributed by atoms with E-state index in [1.54, 1.807) is 0 Å². The highest BCUT2D eigenvalue weighted by Gasteiger charge is 2.31. The molecule has 0 aliphatic heterocycles. The highest BCUT2D eigenvalue weighted by molar-refractivity contribution is 6.18. The Bertz CT molecular complexity index is 170. The lowest BCUT2D eigenvalue weighted by atomic mass is 9.93. The van der Waals surface area contributed by atoms with E-state index in [1.807, 2.05) is 0 Å². The van der Waals surface area contributed by atoms with Gasteiger partial charge in [-0.25, -0.2) is 0 Å². The third-order valence-electron chi connectivity index (χ3n) is 3.42. The molecule has 15 heavy (non-hydrogen) atoms. The molecule has 92 valence electrons. The van der Waals surface area contributed by atoms with Crippen molar-refractivity contribution in [2.24, 2.45) is 0 Å². The number of hydrogen-bond acceptors (Lipinski definition) is 1. The molecule has 1 N–H and O–H groups in total. The summed E-state index contributed by atoms with van der Waals surface area (Å²) in [5.74, 6) is 0.356. The Labute approximate surface area is 105 Å². The maximum Gasteiger partial charge on any atom is 0.116 e. The third kappa shape index (κ3) is 4.90. The van der Waals surface area contributed by atoms with Gasteiger partial charge in [-0.2, -0.15) is 0 Å². The molecule has 1 rings (SSSR count). The molecule has 0 saturated heterocycles. The Kier molecular flexibility index (Phi) is 7.18. The average Bonchev–Trinajstić information content (AvgIpc) is 2.18. The number of likely N-dealkylation sites (N-methyl/N-ethyl adjacent to an activating group) is 1. The van der Waals surface area contributed by atoms with Gasteiger partial charge in [0, 0.05) is 0 Å². The van der Waals surface area contributed by atoms with Gasteiger partial charge in [-0.05, 0) is 25.7 Å². The number of aliphatic hydroxyl groups is 1. The lowest BCUT2D eigenvalue weighted by molar-refractivity contribution is -0.919. The number of aliphatic hydroxyl groups excluding tert-OH is 1. The van der Waals surface area contributed by atoms with Crippen molar-refractivity contribution in [2.75, 3.05) is 26.5 Å². The molecule has 0 aromatic carbocycles. The molecule has 1 saturated carbocycles. The molecule has 1 unspecified atom stereocenters. The predicted octanol–water partition coefficient (Wildman–Crippen LogP) is -1.00. The van der Waals surface area contributed by atoms with Crippen LogP contribution >= 0.6 is 11.6 Å². The Morgan fingerprint density at radius 1 is 1.27 bits per heavy atom. The smallest absolute Gasteiger partial charge is 0.116 e. The van der Waals surface area contributed by atoms with Crippen LogP contribution in [0.5, 0.6) is 0 Å². The first-order valence-corrected chi connectivity index (χ1v) is 6.16. The molecular formula is C11H23Cl2NO. The van der Waals surface area contributed by atoms with E-state index in [0.29, 0.717) is 5.88 Å². The lowest BCUT2D eigenvalue weighted by Crippen LogP contribution is -3.00. The number of alkyl halides is 1. The zero-order valence-electron chi connectivity index (χ0n) is 9.75.